The highest BCUT2D eigenvalue weighted by atomic mass is 32.2. The van der Waals surface area contributed by atoms with E-state index in [0.717, 1.165) is 35.7 Å². The van der Waals surface area contributed by atoms with Gasteiger partial charge in [0.1, 0.15) is 5.70 Å². The first-order valence-corrected chi connectivity index (χ1v) is 7.75. The lowest BCUT2D eigenvalue weighted by Crippen LogP contribution is -2.34. The van der Waals surface area contributed by atoms with Gasteiger partial charge in [0.15, 0.2) is 0 Å². The number of benzene rings is 1. The number of nitrogens with zero attached hydrogens (tertiary/aromatic N) is 2. The number of non-ortho nitro benzene ring substituents is 1. The van der Waals surface area contributed by atoms with Crippen LogP contribution >= 0.6 is 0 Å². The predicted octanol–water partition coefficient (Wildman–Crippen LogP) is 1.68. The lowest BCUT2D eigenvalue weighted by molar-refractivity contribution is -0.384. The Morgan fingerprint density at radius 1 is 1.36 bits per heavy atom. The van der Waals surface area contributed by atoms with Crippen LogP contribution in [0.5, 0.6) is 0 Å². The number of likely N-dealkylation sites (N-methyl/N-ethyl adjacent to an activating group) is 1. The molecular formula is C13H16N2O6S. The fraction of sp³-hybridized carbons (Fsp3) is 0.308. The van der Waals surface area contributed by atoms with E-state index in [9.17, 15) is 23.3 Å². The van der Waals surface area contributed by atoms with Crippen molar-refractivity contribution in [3.05, 3.63) is 46.2 Å². The first-order chi connectivity index (χ1) is 10.3. The number of rotatable bonds is 6. The summed E-state index contributed by atoms with van der Waals surface area (Å²) in [7, 11) is -2.87. The molecule has 0 aliphatic heterocycles. The van der Waals surface area contributed by atoms with E-state index in [-0.39, 0.29) is 22.8 Å². The molecule has 0 amide bonds. The van der Waals surface area contributed by atoms with Crippen LogP contribution in [0.1, 0.15) is 13.8 Å². The quantitative estimate of drug-likeness (QED) is 0.340. The van der Waals surface area contributed by atoms with E-state index in [1.165, 1.54) is 13.0 Å². The van der Waals surface area contributed by atoms with Crippen LogP contribution in [-0.2, 0) is 19.6 Å². The Bertz CT molecular complexity index is 694. The van der Waals surface area contributed by atoms with Crippen molar-refractivity contribution in [3.8, 4) is 0 Å². The zero-order valence-electron chi connectivity index (χ0n) is 12.3. The minimum Gasteiger partial charge on any atom is -0.464 e. The molecular weight excluding hydrogens is 312 g/mol. The Morgan fingerprint density at radius 3 is 2.27 bits per heavy atom. The van der Waals surface area contributed by atoms with Gasteiger partial charge in [-0.3, -0.25) is 14.4 Å². The standard InChI is InChI=1S/C13H16N2O6S/c1-4-12(13(16)21-3)14(5-2)22(19,20)11-8-6-10(7-9-11)15(17)18/h4,6-9H,5H2,1-3H3/b12-4-. The van der Waals surface area contributed by atoms with Crippen molar-refractivity contribution < 1.29 is 22.9 Å². The molecule has 120 valence electrons. The lowest BCUT2D eigenvalue weighted by atomic mass is 10.3. The molecule has 0 atom stereocenters. The SMILES string of the molecule is C/C=C(/C(=O)OC)N(CC)S(=O)(=O)c1ccc([N+](=O)[O-])cc1. The summed E-state index contributed by atoms with van der Waals surface area (Å²) in [6.45, 7) is 3.09. The van der Waals surface area contributed by atoms with Crippen molar-refractivity contribution in [1.29, 1.82) is 0 Å². The average molecular weight is 328 g/mol. The largest absolute Gasteiger partial charge is 0.464 e. The van der Waals surface area contributed by atoms with Crippen LogP contribution in [0.15, 0.2) is 40.9 Å². The summed E-state index contributed by atoms with van der Waals surface area (Å²) >= 11 is 0. The summed E-state index contributed by atoms with van der Waals surface area (Å²) in [4.78, 5) is 21.5. The van der Waals surface area contributed by atoms with E-state index in [4.69, 9.17) is 0 Å². The van der Waals surface area contributed by atoms with Crippen LogP contribution in [-0.4, -0.2) is 37.3 Å². The second-order valence-corrected chi connectivity index (χ2v) is 5.95. The zero-order chi connectivity index (χ0) is 16.9. The Labute approximate surface area is 128 Å². The van der Waals surface area contributed by atoms with Gasteiger partial charge in [0.25, 0.3) is 15.7 Å². The molecule has 9 heteroatoms. The molecule has 0 aliphatic carbocycles. The average Bonchev–Trinajstić information content (AvgIpc) is 2.51. The summed E-state index contributed by atoms with van der Waals surface area (Å²) in [5.74, 6) is -0.783. The Hall–Kier alpha value is -2.42. The lowest BCUT2D eigenvalue weighted by Gasteiger charge is -2.23. The molecule has 0 aromatic heterocycles. The van der Waals surface area contributed by atoms with E-state index in [2.05, 4.69) is 4.74 Å². The van der Waals surface area contributed by atoms with Gasteiger partial charge in [0, 0.05) is 18.7 Å². The molecule has 0 spiro atoms. The van der Waals surface area contributed by atoms with E-state index in [1.54, 1.807) is 6.92 Å². The molecule has 0 radical (unpaired) electrons. The molecule has 1 aromatic rings. The van der Waals surface area contributed by atoms with Gasteiger partial charge >= 0.3 is 5.97 Å². The Kier molecular flexibility index (Phi) is 5.63. The number of sulfonamides is 1. The second-order valence-electron chi connectivity index (χ2n) is 4.09. The first kappa shape index (κ1) is 17.6. The number of hydrogen-bond acceptors (Lipinski definition) is 6. The van der Waals surface area contributed by atoms with Crippen LogP contribution in [0.25, 0.3) is 0 Å². The number of hydrogen-bond donors (Lipinski definition) is 0. The second kappa shape index (κ2) is 7.03. The van der Waals surface area contributed by atoms with Crippen LogP contribution in [0.3, 0.4) is 0 Å². The normalized spacial score (nSPS) is 11.9. The van der Waals surface area contributed by atoms with Gasteiger partial charge in [-0.05, 0) is 26.0 Å². The summed E-state index contributed by atoms with van der Waals surface area (Å²) in [5, 5.41) is 10.6. The van der Waals surface area contributed by atoms with E-state index >= 15 is 0 Å². The van der Waals surface area contributed by atoms with E-state index in [0.29, 0.717) is 0 Å². The number of methoxy groups -OCH3 is 1. The molecule has 0 saturated heterocycles. The number of esters is 1. The maximum Gasteiger partial charge on any atom is 0.354 e. The van der Waals surface area contributed by atoms with Crippen molar-refractivity contribution in [2.24, 2.45) is 0 Å². The number of allylic oxidation sites excluding steroid dienone is 1. The van der Waals surface area contributed by atoms with Crippen molar-refractivity contribution >= 4 is 21.7 Å². The van der Waals surface area contributed by atoms with Crippen LogP contribution in [0, 0.1) is 10.1 Å². The van der Waals surface area contributed by atoms with Gasteiger partial charge in [-0.15, -0.1) is 0 Å². The fourth-order valence-corrected chi connectivity index (χ4v) is 3.32. The third-order valence-electron chi connectivity index (χ3n) is 2.86. The van der Waals surface area contributed by atoms with Crippen molar-refractivity contribution in [2.75, 3.05) is 13.7 Å². The molecule has 0 heterocycles. The number of nitro groups is 1. The van der Waals surface area contributed by atoms with E-state index < -0.39 is 20.9 Å². The number of ether oxygens (including phenoxy) is 1. The fourth-order valence-electron chi connectivity index (χ4n) is 1.81. The first-order valence-electron chi connectivity index (χ1n) is 6.31. The molecule has 1 rings (SSSR count). The highest BCUT2D eigenvalue weighted by molar-refractivity contribution is 7.89. The molecule has 1 aromatic carbocycles. The monoisotopic (exact) mass is 328 g/mol. The molecule has 0 unspecified atom stereocenters. The molecule has 0 aliphatic rings. The van der Waals surface area contributed by atoms with Gasteiger partial charge in [0.05, 0.1) is 16.9 Å². The summed E-state index contributed by atoms with van der Waals surface area (Å²) in [6, 6.07) is 4.43. The maximum atomic E-state index is 12.6. The third kappa shape index (κ3) is 3.42. The number of carbonyl (C=O) groups excluding carboxylic acids is 1. The Balaban J connectivity index is 3.30. The molecule has 22 heavy (non-hydrogen) atoms. The molecule has 0 N–H and O–H groups in total. The van der Waals surface area contributed by atoms with Crippen LogP contribution in [0.4, 0.5) is 5.69 Å². The van der Waals surface area contributed by atoms with Crippen molar-refractivity contribution in [3.63, 3.8) is 0 Å². The minimum atomic E-state index is -4.02. The van der Waals surface area contributed by atoms with Gasteiger partial charge in [0.2, 0.25) is 0 Å². The van der Waals surface area contributed by atoms with Gasteiger partial charge in [-0.25, -0.2) is 13.2 Å². The summed E-state index contributed by atoms with van der Waals surface area (Å²) < 4.78 is 30.6. The van der Waals surface area contributed by atoms with Gasteiger partial charge in [-0.2, -0.15) is 0 Å². The molecule has 0 saturated carbocycles. The summed E-state index contributed by atoms with van der Waals surface area (Å²) in [6.07, 6.45) is 1.33. The van der Waals surface area contributed by atoms with Crippen LogP contribution < -0.4 is 0 Å². The zero-order valence-corrected chi connectivity index (χ0v) is 13.2. The molecule has 0 bridgehead atoms. The Morgan fingerprint density at radius 2 is 1.91 bits per heavy atom. The predicted molar refractivity (Wildman–Crippen MR) is 78.4 cm³/mol. The molecule has 8 nitrogen and oxygen atoms in total. The number of carbonyl (C=O) groups is 1. The van der Waals surface area contributed by atoms with Crippen molar-refractivity contribution in [2.45, 2.75) is 18.7 Å². The third-order valence-corrected chi connectivity index (χ3v) is 4.76. The summed E-state index contributed by atoms with van der Waals surface area (Å²) in [5.41, 5.74) is -0.343. The van der Waals surface area contributed by atoms with Crippen LogP contribution in [0.2, 0.25) is 0 Å². The maximum absolute atomic E-state index is 12.6. The number of nitro benzene ring substituents is 1. The van der Waals surface area contributed by atoms with E-state index in [1.807, 2.05) is 0 Å². The molecule has 0 fully saturated rings. The van der Waals surface area contributed by atoms with Gasteiger partial charge in [-0.1, -0.05) is 6.08 Å². The minimum absolute atomic E-state index is 0.00803. The smallest absolute Gasteiger partial charge is 0.354 e. The highest BCUT2D eigenvalue weighted by Crippen LogP contribution is 2.23. The highest BCUT2D eigenvalue weighted by Gasteiger charge is 2.29. The van der Waals surface area contributed by atoms with Gasteiger partial charge < -0.3 is 4.74 Å². The topological polar surface area (TPSA) is 107 Å². The van der Waals surface area contributed by atoms with Crippen molar-refractivity contribution in [1.82, 2.24) is 4.31 Å².